The van der Waals surface area contributed by atoms with Crippen LogP contribution in [0.1, 0.15) is 62.6 Å². The lowest BCUT2D eigenvalue weighted by molar-refractivity contribution is 0.707. The molecule has 0 fully saturated rings. The number of halogens is 1. The molecule has 1 aromatic carbocycles. The van der Waals surface area contributed by atoms with Gasteiger partial charge in [0.15, 0.2) is 0 Å². The van der Waals surface area contributed by atoms with Gasteiger partial charge >= 0.3 is 0 Å². The van der Waals surface area contributed by atoms with Gasteiger partial charge < -0.3 is 0 Å². The van der Waals surface area contributed by atoms with Crippen LogP contribution in [0.4, 0.5) is 0 Å². The van der Waals surface area contributed by atoms with Crippen LogP contribution in [0.25, 0.3) is 0 Å². The molecule has 0 aliphatic heterocycles. The molecule has 0 heterocycles. The number of hydrogen-bond acceptors (Lipinski definition) is 0. The largest absolute Gasteiger partial charge is 0.0840 e. The summed E-state index contributed by atoms with van der Waals surface area (Å²) in [6, 6.07) is 4.43. The van der Waals surface area contributed by atoms with Gasteiger partial charge in [0.1, 0.15) is 0 Å². The number of benzene rings is 1. The van der Waals surface area contributed by atoms with Crippen LogP contribution >= 0.6 is 11.6 Å². The first kappa shape index (κ1) is 13.6. The van der Waals surface area contributed by atoms with E-state index in [9.17, 15) is 0 Å². The zero-order chi connectivity index (χ0) is 12.1. The van der Waals surface area contributed by atoms with Gasteiger partial charge in [0.25, 0.3) is 0 Å². The molecule has 0 saturated heterocycles. The molecule has 0 unspecified atom stereocenters. The Balaban J connectivity index is 2.91. The summed E-state index contributed by atoms with van der Waals surface area (Å²) >= 11 is 6.19. The molecule has 1 aromatic rings. The van der Waals surface area contributed by atoms with Crippen LogP contribution < -0.4 is 0 Å². The van der Waals surface area contributed by atoms with Gasteiger partial charge in [-0.1, -0.05) is 51.3 Å². The Labute approximate surface area is 105 Å². The van der Waals surface area contributed by atoms with Gasteiger partial charge in [0.05, 0.1) is 0 Å². The minimum atomic E-state index is 0.565. The Morgan fingerprint density at radius 1 is 1.19 bits per heavy atom. The standard InChI is InChI=1S/C15H23Cl/c1-5-6-7-8-13-9-12(4)15(16)10-14(13)11(2)3/h9-11H,5-8H2,1-4H3. The Morgan fingerprint density at radius 3 is 2.44 bits per heavy atom. The summed E-state index contributed by atoms with van der Waals surface area (Å²) in [4.78, 5) is 0. The third kappa shape index (κ3) is 3.52. The van der Waals surface area contributed by atoms with Crippen molar-refractivity contribution in [1.82, 2.24) is 0 Å². The first-order valence-electron chi connectivity index (χ1n) is 6.35. The van der Waals surface area contributed by atoms with Crippen LogP contribution in [0.3, 0.4) is 0 Å². The Hall–Kier alpha value is -0.490. The maximum absolute atomic E-state index is 6.19. The molecule has 0 aliphatic carbocycles. The highest BCUT2D eigenvalue weighted by atomic mass is 35.5. The van der Waals surface area contributed by atoms with Crippen LogP contribution in [0.2, 0.25) is 5.02 Å². The minimum absolute atomic E-state index is 0.565. The molecule has 1 heteroatoms. The number of aryl methyl sites for hydroxylation is 2. The lowest BCUT2D eigenvalue weighted by Crippen LogP contribution is -1.98. The van der Waals surface area contributed by atoms with Gasteiger partial charge in [-0.15, -0.1) is 0 Å². The third-order valence-corrected chi connectivity index (χ3v) is 3.50. The molecule has 0 N–H and O–H groups in total. The van der Waals surface area contributed by atoms with Gasteiger partial charge in [-0.3, -0.25) is 0 Å². The zero-order valence-corrected chi connectivity index (χ0v) is 11.7. The SMILES string of the molecule is CCCCCc1cc(C)c(Cl)cc1C(C)C. The molecule has 16 heavy (non-hydrogen) atoms. The second kappa shape index (κ2) is 6.30. The maximum Gasteiger partial charge on any atom is 0.0438 e. The summed E-state index contributed by atoms with van der Waals surface area (Å²) in [5, 5.41) is 0.906. The fourth-order valence-electron chi connectivity index (χ4n) is 2.08. The van der Waals surface area contributed by atoms with Crippen molar-refractivity contribution in [3.05, 3.63) is 33.8 Å². The zero-order valence-electron chi connectivity index (χ0n) is 10.9. The fourth-order valence-corrected chi connectivity index (χ4v) is 2.25. The van der Waals surface area contributed by atoms with Gasteiger partial charge in [-0.05, 0) is 48.4 Å². The molecule has 0 aromatic heterocycles. The molecule has 0 amide bonds. The van der Waals surface area contributed by atoms with E-state index < -0.39 is 0 Å². The highest BCUT2D eigenvalue weighted by Crippen LogP contribution is 2.27. The molecule has 0 bridgehead atoms. The van der Waals surface area contributed by atoms with Crippen LogP contribution in [0.5, 0.6) is 0 Å². The summed E-state index contributed by atoms with van der Waals surface area (Å²) in [5.74, 6) is 0.565. The van der Waals surface area contributed by atoms with Gasteiger partial charge in [0, 0.05) is 5.02 Å². The van der Waals surface area contributed by atoms with Crippen LogP contribution in [0.15, 0.2) is 12.1 Å². The average molecular weight is 239 g/mol. The van der Waals surface area contributed by atoms with Crippen molar-refractivity contribution in [3.63, 3.8) is 0 Å². The third-order valence-electron chi connectivity index (χ3n) is 3.09. The monoisotopic (exact) mass is 238 g/mol. The highest BCUT2D eigenvalue weighted by Gasteiger charge is 2.09. The van der Waals surface area contributed by atoms with E-state index >= 15 is 0 Å². The summed E-state index contributed by atoms with van der Waals surface area (Å²) in [7, 11) is 0. The second-order valence-electron chi connectivity index (χ2n) is 4.91. The molecular formula is C15H23Cl. The molecule has 0 saturated carbocycles. The number of rotatable bonds is 5. The summed E-state index contributed by atoms with van der Waals surface area (Å²) in [5.41, 5.74) is 4.12. The van der Waals surface area contributed by atoms with Crippen molar-refractivity contribution in [2.45, 2.75) is 59.3 Å². The lowest BCUT2D eigenvalue weighted by atomic mass is 9.92. The molecule has 90 valence electrons. The summed E-state index contributed by atoms with van der Waals surface area (Å²) in [6.07, 6.45) is 5.08. The van der Waals surface area contributed by atoms with Crippen molar-refractivity contribution < 1.29 is 0 Å². The van der Waals surface area contributed by atoms with E-state index in [1.165, 1.54) is 42.4 Å². The van der Waals surface area contributed by atoms with E-state index in [0.29, 0.717) is 5.92 Å². The molecule has 0 radical (unpaired) electrons. The molecular weight excluding hydrogens is 216 g/mol. The van der Waals surface area contributed by atoms with E-state index in [-0.39, 0.29) is 0 Å². The van der Waals surface area contributed by atoms with Gasteiger partial charge in [-0.25, -0.2) is 0 Å². The van der Waals surface area contributed by atoms with E-state index in [4.69, 9.17) is 11.6 Å². The van der Waals surface area contributed by atoms with Crippen LogP contribution in [-0.2, 0) is 6.42 Å². The van der Waals surface area contributed by atoms with Gasteiger partial charge in [-0.2, -0.15) is 0 Å². The molecule has 0 atom stereocenters. The Bertz CT molecular complexity index is 340. The predicted molar refractivity (Wildman–Crippen MR) is 73.5 cm³/mol. The molecule has 1 rings (SSSR count). The van der Waals surface area contributed by atoms with E-state index in [1.807, 2.05) is 0 Å². The molecule has 0 nitrogen and oxygen atoms in total. The average Bonchev–Trinajstić information content (AvgIpc) is 2.23. The highest BCUT2D eigenvalue weighted by molar-refractivity contribution is 6.31. The van der Waals surface area contributed by atoms with Crippen LogP contribution in [-0.4, -0.2) is 0 Å². The molecule has 0 aliphatic rings. The van der Waals surface area contributed by atoms with Crippen molar-refractivity contribution >= 4 is 11.6 Å². The van der Waals surface area contributed by atoms with Crippen molar-refractivity contribution in [3.8, 4) is 0 Å². The Kier molecular flexibility index (Phi) is 5.34. The first-order chi connectivity index (χ1) is 7.56. The summed E-state index contributed by atoms with van der Waals surface area (Å²) < 4.78 is 0. The maximum atomic E-state index is 6.19. The fraction of sp³-hybridized carbons (Fsp3) is 0.600. The van der Waals surface area contributed by atoms with Crippen molar-refractivity contribution in [2.75, 3.05) is 0 Å². The van der Waals surface area contributed by atoms with E-state index in [0.717, 1.165) is 5.02 Å². The predicted octanol–water partition coefficient (Wildman–Crippen LogP) is 5.50. The topological polar surface area (TPSA) is 0 Å². The lowest BCUT2D eigenvalue weighted by Gasteiger charge is -2.15. The van der Waals surface area contributed by atoms with E-state index in [1.54, 1.807) is 0 Å². The van der Waals surface area contributed by atoms with Gasteiger partial charge in [0.2, 0.25) is 0 Å². The number of hydrogen-bond donors (Lipinski definition) is 0. The number of unbranched alkanes of at least 4 members (excludes halogenated alkanes) is 2. The van der Waals surface area contributed by atoms with Crippen molar-refractivity contribution in [2.24, 2.45) is 0 Å². The minimum Gasteiger partial charge on any atom is -0.0840 e. The second-order valence-corrected chi connectivity index (χ2v) is 5.32. The summed E-state index contributed by atoms with van der Waals surface area (Å²) in [6.45, 7) is 8.82. The Morgan fingerprint density at radius 2 is 1.88 bits per heavy atom. The van der Waals surface area contributed by atoms with Crippen LogP contribution in [0, 0.1) is 6.92 Å². The first-order valence-corrected chi connectivity index (χ1v) is 6.73. The molecule has 0 spiro atoms. The quantitative estimate of drug-likeness (QED) is 0.594. The van der Waals surface area contributed by atoms with E-state index in [2.05, 4.69) is 39.8 Å². The normalized spacial score (nSPS) is 11.1. The smallest absolute Gasteiger partial charge is 0.0438 e. The van der Waals surface area contributed by atoms with Crippen molar-refractivity contribution in [1.29, 1.82) is 0 Å².